The minimum Gasteiger partial charge on any atom is -0.490 e. The van der Waals surface area contributed by atoms with E-state index in [2.05, 4.69) is 47.4 Å². The smallest absolute Gasteiger partial charge is 0.142 e. The monoisotopic (exact) mass is 263 g/mol. The van der Waals surface area contributed by atoms with Crippen LogP contribution >= 0.6 is 0 Å². The second kappa shape index (κ2) is 7.36. The minimum atomic E-state index is 0.732. The van der Waals surface area contributed by atoms with E-state index in [1.165, 1.54) is 12.1 Å². The van der Waals surface area contributed by atoms with E-state index in [0.717, 1.165) is 45.1 Å². The predicted octanol–water partition coefficient (Wildman–Crippen LogP) is 1.43. The lowest BCUT2D eigenvalue weighted by Crippen LogP contribution is -2.28. The van der Waals surface area contributed by atoms with Gasteiger partial charge in [-0.25, -0.2) is 0 Å². The Morgan fingerprint density at radius 1 is 1.21 bits per heavy atom. The zero-order valence-corrected chi connectivity index (χ0v) is 12.1. The van der Waals surface area contributed by atoms with E-state index in [1.807, 2.05) is 6.07 Å². The van der Waals surface area contributed by atoms with E-state index in [-0.39, 0.29) is 0 Å². The van der Waals surface area contributed by atoms with E-state index in [4.69, 9.17) is 4.74 Å². The molecule has 1 aromatic rings. The molecule has 1 aliphatic heterocycles. The molecule has 4 nitrogen and oxygen atoms in total. The highest BCUT2D eigenvalue weighted by Gasteiger charge is 2.13. The first kappa shape index (κ1) is 14.2. The van der Waals surface area contributed by atoms with Crippen LogP contribution < -0.4 is 15.0 Å². The summed E-state index contributed by atoms with van der Waals surface area (Å²) in [4.78, 5) is 4.56. The van der Waals surface area contributed by atoms with Crippen molar-refractivity contribution in [3.63, 3.8) is 0 Å². The second-order valence-electron chi connectivity index (χ2n) is 5.21. The third kappa shape index (κ3) is 4.40. The van der Waals surface area contributed by atoms with E-state index >= 15 is 0 Å². The van der Waals surface area contributed by atoms with Crippen molar-refractivity contribution < 1.29 is 4.74 Å². The van der Waals surface area contributed by atoms with Crippen LogP contribution in [0.15, 0.2) is 24.3 Å². The van der Waals surface area contributed by atoms with Crippen LogP contribution in [-0.4, -0.2) is 58.3 Å². The summed E-state index contributed by atoms with van der Waals surface area (Å²) in [7, 11) is 4.13. The van der Waals surface area contributed by atoms with Gasteiger partial charge in [0, 0.05) is 26.2 Å². The highest BCUT2D eigenvalue weighted by Crippen LogP contribution is 2.28. The van der Waals surface area contributed by atoms with Gasteiger partial charge in [-0.3, -0.25) is 0 Å². The standard InChI is InChI=1S/C15H25N3O/c1-17(2)12-13-19-15-7-4-3-6-14(15)18-10-5-8-16-9-11-18/h3-4,6-7,16H,5,8-13H2,1-2H3. The molecule has 106 valence electrons. The number of likely N-dealkylation sites (N-methyl/N-ethyl adjacent to an activating group) is 1. The summed E-state index contributed by atoms with van der Waals surface area (Å²) in [5, 5.41) is 3.44. The summed E-state index contributed by atoms with van der Waals surface area (Å²) in [5.74, 6) is 1.01. The predicted molar refractivity (Wildman–Crippen MR) is 80.2 cm³/mol. The number of para-hydroxylation sites is 2. The third-order valence-electron chi connectivity index (χ3n) is 3.34. The summed E-state index contributed by atoms with van der Waals surface area (Å²) in [6, 6.07) is 8.37. The van der Waals surface area contributed by atoms with Gasteiger partial charge in [-0.2, -0.15) is 0 Å². The van der Waals surface area contributed by atoms with Crippen molar-refractivity contribution in [1.82, 2.24) is 10.2 Å². The first-order valence-corrected chi connectivity index (χ1v) is 7.09. The fourth-order valence-corrected chi connectivity index (χ4v) is 2.27. The van der Waals surface area contributed by atoms with Gasteiger partial charge in [0.25, 0.3) is 0 Å². The lowest BCUT2D eigenvalue weighted by molar-refractivity contribution is 0.261. The van der Waals surface area contributed by atoms with E-state index in [1.54, 1.807) is 0 Å². The third-order valence-corrected chi connectivity index (χ3v) is 3.34. The van der Waals surface area contributed by atoms with Crippen molar-refractivity contribution in [2.45, 2.75) is 6.42 Å². The molecule has 4 heteroatoms. The van der Waals surface area contributed by atoms with Crippen molar-refractivity contribution in [2.24, 2.45) is 0 Å². The summed E-state index contributed by atoms with van der Waals surface area (Å²) in [6.45, 7) is 5.98. The number of nitrogens with one attached hydrogen (secondary N) is 1. The average molecular weight is 263 g/mol. The van der Waals surface area contributed by atoms with Crippen LogP contribution in [0.3, 0.4) is 0 Å². The Morgan fingerprint density at radius 3 is 2.89 bits per heavy atom. The Kier molecular flexibility index (Phi) is 5.48. The molecule has 0 aliphatic carbocycles. The molecule has 0 aromatic heterocycles. The van der Waals surface area contributed by atoms with Crippen molar-refractivity contribution >= 4 is 5.69 Å². The fourth-order valence-electron chi connectivity index (χ4n) is 2.27. The molecule has 0 bridgehead atoms. The molecule has 0 saturated carbocycles. The first-order valence-electron chi connectivity index (χ1n) is 7.09. The van der Waals surface area contributed by atoms with Crippen LogP contribution in [-0.2, 0) is 0 Å². The van der Waals surface area contributed by atoms with Gasteiger partial charge >= 0.3 is 0 Å². The van der Waals surface area contributed by atoms with Crippen LogP contribution in [0.4, 0.5) is 5.69 Å². The summed E-state index contributed by atoms with van der Waals surface area (Å²) in [5.41, 5.74) is 1.23. The fraction of sp³-hybridized carbons (Fsp3) is 0.600. The normalized spacial score (nSPS) is 16.5. The quantitative estimate of drug-likeness (QED) is 0.870. The molecular formula is C15H25N3O. The van der Waals surface area contributed by atoms with Crippen LogP contribution in [0.25, 0.3) is 0 Å². The highest BCUT2D eigenvalue weighted by atomic mass is 16.5. The SMILES string of the molecule is CN(C)CCOc1ccccc1N1CCCNCC1. The molecular weight excluding hydrogens is 238 g/mol. The van der Waals surface area contributed by atoms with Crippen LogP contribution in [0.1, 0.15) is 6.42 Å². The van der Waals surface area contributed by atoms with Gasteiger partial charge < -0.3 is 19.9 Å². The Balaban J connectivity index is 2.02. The molecule has 0 radical (unpaired) electrons. The molecule has 19 heavy (non-hydrogen) atoms. The van der Waals surface area contributed by atoms with Gasteiger partial charge in [-0.05, 0) is 39.2 Å². The number of ether oxygens (including phenoxy) is 1. The maximum atomic E-state index is 5.94. The largest absolute Gasteiger partial charge is 0.490 e. The number of rotatable bonds is 5. The number of nitrogens with zero attached hydrogens (tertiary/aromatic N) is 2. The molecule has 1 saturated heterocycles. The Morgan fingerprint density at radius 2 is 2.05 bits per heavy atom. The number of anilines is 1. The van der Waals surface area contributed by atoms with Crippen LogP contribution in [0, 0.1) is 0 Å². The number of benzene rings is 1. The summed E-state index contributed by atoms with van der Waals surface area (Å²) >= 11 is 0. The first-order chi connectivity index (χ1) is 9.27. The van der Waals surface area contributed by atoms with E-state index < -0.39 is 0 Å². The van der Waals surface area contributed by atoms with Crippen molar-refractivity contribution in [1.29, 1.82) is 0 Å². The molecule has 0 atom stereocenters. The molecule has 0 amide bonds. The molecule has 1 aliphatic rings. The van der Waals surface area contributed by atoms with Gasteiger partial charge in [-0.1, -0.05) is 12.1 Å². The maximum absolute atomic E-state index is 5.94. The maximum Gasteiger partial charge on any atom is 0.142 e. The molecule has 2 rings (SSSR count). The summed E-state index contributed by atoms with van der Waals surface area (Å²) in [6.07, 6.45) is 1.19. The lowest BCUT2D eigenvalue weighted by atomic mass is 10.2. The summed E-state index contributed by atoms with van der Waals surface area (Å²) < 4.78 is 5.94. The van der Waals surface area contributed by atoms with Gasteiger partial charge in [0.05, 0.1) is 5.69 Å². The molecule has 1 fully saturated rings. The minimum absolute atomic E-state index is 0.732. The van der Waals surface area contributed by atoms with Crippen molar-refractivity contribution in [3.8, 4) is 5.75 Å². The molecule has 0 unspecified atom stereocenters. The molecule has 1 N–H and O–H groups in total. The van der Waals surface area contributed by atoms with E-state index in [0.29, 0.717) is 0 Å². The van der Waals surface area contributed by atoms with E-state index in [9.17, 15) is 0 Å². The molecule has 1 heterocycles. The van der Waals surface area contributed by atoms with Crippen LogP contribution in [0.5, 0.6) is 5.75 Å². The Hall–Kier alpha value is -1.26. The Labute approximate surface area is 116 Å². The molecule has 0 spiro atoms. The highest BCUT2D eigenvalue weighted by molar-refractivity contribution is 5.58. The zero-order chi connectivity index (χ0) is 13.5. The average Bonchev–Trinajstić information content (AvgIpc) is 2.68. The number of hydrogen-bond donors (Lipinski definition) is 1. The van der Waals surface area contributed by atoms with Crippen molar-refractivity contribution in [2.75, 3.05) is 58.3 Å². The van der Waals surface area contributed by atoms with Gasteiger partial charge in [0.1, 0.15) is 12.4 Å². The topological polar surface area (TPSA) is 27.7 Å². The number of hydrogen-bond acceptors (Lipinski definition) is 4. The lowest BCUT2D eigenvalue weighted by Gasteiger charge is -2.25. The molecule has 1 aromatic carbocycles. The zero-order valence-electron chi connectivity index (χ0n) is 12.1. The Bertz CT molecular complexity index is 373. The van der Waals surface area contributed by atoms with Gasteiger partial charge in [0.15, 0.2) is 0 Å². The van der Waals surface area contributed by atoms with Gasteiger partial charge in [-0.15, -0.1) is 0 Å². The second-order valence-corrected chi connectivity index (χ2v) is 5.21. The van der Waals surface area contributed by atoms with Gasteiger partial charge in [0.2, 0.25) is 0 Å². The van der Waals surface area contributed by atoms with Crippen molar-refractivity contribution in [3.05, 3.63) is 24.3 Å². The van der Waals surface area contributed by atoms with Crippen LogP contribution in [0.2, 0.25) is 0 Å².